The summed E-state index contributed by atoms with van der Waals surface area (Å²) in [5.74, 6) is 0.906. The zero-order chi connectivity index (χ0) is 13.7. The summed E-state index contributed by atoms with van der Waals surface area (Å²) in [7, 11) is 3.68. The molecule has 0 radical (unpaired) electrons. The van der Waals surface area contributed by atoms with Crippen LogP contribution in [0.4, 0.5) is 0 Å². The van der Waals surface area contributed by atoms with Gasteiger partial charge in [0.2, 0.25) is 0 Å². The van der Waals surface area contributed by atoms with Gasteiger partial charge < -0.3 is 15.7 Å². The summed E-state index contributed by atoms with van der Waals surface area (Å²) >= 11 is 0. The van der Waals surface area contributed by atoms with Crippen LogP contribution in [-0.2, 0) is 6.54 Å². The predicted octanol–water partition coefficient (Wildman–Crippen LogP) is 1.63. The van der Waals surface area contributed by atoms with E-state index in [0.29, 0.717) is 11.6 Å². The molecule has 0 saturated heterocycles. The van der Waals surface area contributed by atoms with Crippen LogP contribution in [0.25, 0.3) is 0 Å². The van der Waals surface area contributed by atoms with E-state index in [1.54, 1.807) is 13.2 Å². The maximum absolute atomic E-state index is 8.70. The van der Waals surface area contributed by atoms with Crippen LogP contribution >= 0.6 is 0 Å². The van der Waals surface area contributed by atoms with Crippen LogP contribution in [0.15, 0.2) is 23.4 Å². The van der Waals surface area contributed by atoms with E-state index >= 15 is 0 Å². The standard InChI is InChI=1S/C13H21N3O2/c1-9(2)16(3)8-11-7-10(13(14)15-17)5-6-12(11)18-4/h5-7,9,17H,8H2,1-4H3,(H2,14,15). The van der Waals surface area contributed by atoms with Gasteiger partial charge in [-0.25, -0.2) is 0 Å². The van der Waals surface area contributed by atoms with Crippen molar-refractivity contribution in [2.45, 2.75) is 26.4 Å². The van der Waals surface area contributed by atoms with Gasteiger partial charge in [-0.15, -0.1) is 0 Å². The highest BCUT2D eigenvalue weighted by atomic mass is 16.5. The highest BCUT2D eigenvalue weighted by Gasteiger charge is 2.11. The number of methoxy groups -OCH3 is 1. The average molecular weight is 251 g/mol. The SMILES string of the molecule is COc1ccc(/C(N)=N/O)cc1CN(C)C(C)C. The Morgan fingerprint density at radius 1 is 1.50 bits per heavy atom. The highest BCUT2D eigenvalue weighted by molar-refractivity contribution is 5.97. The predicted molar refractivity (Wildman–Crippen MR) is 72.1 cm³/mol. The lowest BCUT2D eigenvalue weighted by Crippen LogP contribution is -2.26. The summed E-state index contributed by atoms with van der Waals surface area (Å²) in [6, 6.07) is 5.92. The minimum Gasteiger partial charge on any atom is -0.496 e. The molecule has 0 aliphatic rings. The Balaban J connectivity index is 3.06. The number of rotatable bonds is 5. The number of nitrogens with zero attached hydrogens (tertiary/aromatic N) is 2. The first-order valence-corrected chi connectivity index (χ1v) is 5.84. The molecule has 1 rings (SSSR count). The van der Waals surface area contributed by atoms with Crippen LogP contribution < -0.4 is 10.5 Å². The van der Waals surface area contributed by atoms with Crippen molar-refractivity contribution < 1.29 is 9.94 Å². The van der Waals surface area contributed by atoms with Crippen LogP contribution in [-0.4, -0.2) is 36.1 Å². The van der Waals surface area contributed by atoms with Gasteiger partial charge in [0.1, 0.15) is 5.75 Å². The van der Waals surface area contributed by atoms with E-state index in [9.17, 15) is 0 Å². The molecule has 100 valence electrons. The lowest BCUT2D eigenvalue weighted by atomic mass is 10.1. The van der Waals surface area contributed by atoms with E-state index in [-0.39, 0.29) is 5.84 Å². The number of nitrogens with two attached hydrogens (primary N) is 1. The summed E-state index contributed by atoms with van der Waals surface area (Å²) in [5.41, 5.74) is 7.29. The van der Waals surface area contributed by atoms with Gasteiger partial charge in [0, 0.05) is 23.7 Å². The Morgan fingerprint density at radius 2 is 2.17 bits per heavy atom. The van der Waals surface area contributed by atoms with Crippen molar-refractivity contribution in [1.82, 2.24) is 4.90 Å². The average Bonchev–Trinajstić information content (AvgIpc) is 2.37. The Morgan fingerprint density at radius 3 is 2.67 bits per heavy atom. The minimum absolute atomic E-state index is 0.103. The van der Waals surface area contributed by atoms with Crippen LogP contribution in [0.5, 0.6) is 5.75 Å². The zero-order valence-corrected chi connectivity index (χ0v) is 11.3. The first-order chi connectivity index (χ1) is 8.49. The van der Waals surface area contributed by atoms with Gasteiger partial charge in [0.15, 0.2) is 5.84 Å². The molecule has 0 spiro atoms. The van der Waals surface area contributed by atoms with Crippen molar-refractivity contribution in [3.8, 4) is 5.75 Å². The molecule has 1 aromatic rings. The second-order valence-electron chi connectivity index (χ2n) is 4.52. The molecule has 5 heteroatoms. The molecule has 0 bridgehead atoms. The third-order valence-electron chi connectivity index (χ3n) is 2.99. The van der Waals surface area contributed by atoms with Crippen molar-refractivity contribution >= 4 is 5.84 Å². The normalized spacial score (nSPS) is 12.2. The first kappa shape index (κ1) is 14.3. The molecule has 18 heavy (non-hydrogen) atoms. The number of amidine groups is 1. The molecule has 0 fully saturated rings. The first-order valence-electron chi connectivity index (χ1n) is 5.84. The number of hydrogen-bond donors (Lipinski definition) is 2. The van der Waals surface area contributed by atoms with Gasteiger partial charge in [-0.05, 0) is 39.1 Å². The topological polar surface area (TPSA) is 71.1 Å². The van der Waals surface area contributed by atoms with Crippen molar-refractivity contribution in [2.75, 3.05) is 14.2 Å². The summed E-state index contributed by atoms with van der Waals surface area (Å²) in [6.07, 6.45) is 0. The second kappa shape index (κ2) is 6.26. The minimum atomic E-state index is 0.103. The van der Waals surface area contributed by atoms with Crippen LogP contribution in [0.1, 0.15) is 25.0 Å². The van der Waals surface area contributed by atoms with Gasteiger partial charge in [-0.2, -0.15) is 0 Å². The van der Waals surface area contributed by atoms with Gasteiger partial charge in [0.25, 0.3) is 0 Å². The maximum atomic E-state index is 8.70. The lowest BCUT2D eigenvalue weighted by molar-refractivity contribution is 0.261. The van der Waals surface area contributed by atoms with Crippen molar-refractivity contribution in [3.63, 3.8) is 0 Å². The molecular formula is C13H21N3O2. The van der Waals surface area contributed by atoms with E-state index in [4.69, 9.17) is 15.7 Å². The Hall–Kier alpha value is -1.75. The van der Waals surface area contributed by atoms with Crippen LogP contribution in [0.3, 0.4) is 0 Å². The fraction of sp³-hybridized carbons (Fsp3) is 0.462. The molecule has 0 atom stereocenters. The maximum Gasteiger partial charge on any atom is 0.170 e. The molecule has 1 aromatic carbocycles. The van der Waals surface area contributed by atoms with Crippen LogP contribution in [0, 0.1) is 0 Å². The number of benzene rings is 1. The molecule has 0 amide bonds. The van der Waals surface area contributed by atoms with Gasteiger partial charge in [-0.1, -0.05) is 5.16 Å². The van der Waals surface area contributed by atoms with Crippen molar-refractivity contribution in [3.05, 3.63) is 29.3 Å². The van der Waals surface area contributed by atoms with Gasteiger partial charge in [0.05, 0.1) is 7.11 Å². The highest BCUT2D eigenvalue weighted by Crippen LogP contribution is 2.21. The summed E-state index contributed by atoms with van der Waals surface area (Å²) < 4.78 is 5.32. The fourth-order valence-electron chi connectivity index (χ4n) is 1.57. The van der Waals surface area contributed by atoms with Gasteiger partial charge >= 0.3 is 0 Å². The van der Waals surface area contributed by atoms with E-state index in [2.05, 4.69) is 23.9 Å². The molecule has 0 unspecified atom stereocenters. The molecule has 5 nitrogen and oxygen atoms in total. The number of ether oxygens (including phenoxy) is 1. The van der Waals surface area contributed by atoms with Crippen molar-refractivity contribution in [1.29, 1.82) is 0 Å². The summed E-state index contributed by atoms with van der Waals surface area (Å²) in [4.78, 5) is 2.19. The van der Waals surface area contributed by atoms with Gasteiger partial charge in [-0.3, -0.25) is 4.90 Å². The van der Waals surface area contributed by atoms with Crippen molar-refractivity contribution in [2.24, 2.45) is 10.9 Å². The van der Waals surface area contributed by atoms with Crippen LogP contribution in [0.2, 0.25) is 0 Å². The number of hydrogen-bond acceptors (Lipinski definition) is 4. The smallest absolute Gasteiger partial charge is 0.170 e. The zero-order valence-electron chi connectivity index (χ0n) is 11.3. The molecule has 0 aromatic heterocycles. The molecule has 0 aliphatic heterocycles. The molecular weight excluding hydrogens is 230 g/mol. The van der Waals surface area contributed by atoms with E-state index < -0.39 is 0 Å². The quantitative estimate of drug-likeness (QED) is 0.361. The van der Waals surface area contributed by atoms with E-state index in [1.807, 2.05) is 19.2 Å². The van der Waals surface area contributed by atoms with E-state index in [0.717, 1.165) is 17.9 Å². The Bertz CT molecular complexity index is 430. The number of oxime groups is 1. The molecule has 0 saturated carbocycles. The monoisotopic (exact) mass is 251 g/mol. The fourth-order valence-corrected chi connectivity index (χ4v) is 1.57. The molecule has 3 N–H and O–H groups in total. The third-order valence-corrected chi connectivity index (χ3v) is 2.99. The lowest BCUT2D eigenvalue weighted by Gasteiger charge is -2.22. The molecule has 0 aliphatic carbocycles. The largest absolute Gasteiger partial charge is 0.496 e. The van der Waals surface area contributed by atoms with E-state index in [1.165, 1.54) is 0 Å². The Labute approximate surface area is 108 Å². The Kier molecular flexibility index (Phi) is 4.97. The third kappa shape index (κ3) is 3.37. The molecule has 0 heterocycles. The second-order valence-corrected chi connectivity index (χ2v) is 4.52. The summed E-state index contributed by atoms with van der Waals surface area (Å²) in [6.45, 7) is 4.99. The summed E-state index contributed by atoms with van der Waals surface area (Å²) in [5, 5.41) is 11.7.